The molecule has 144 valence electrons. The molecule has 0 radical (unpaired) electrons. The number of nitriles is 1. The third kappa shape index (κ3) is 3.93. The Morgan fingerprint density at radius 3 is 2.66 bits per heavy atom. The summed E-state index contributed by atoms with van der Waals surface area (Å²) in [5, 5.41) is 17.8. The van der Waals surface area contributed by atoms with E-state index in [-0.39, 0.29) is 5.71 Å². The Balaban J connectivity index is 1.67. The Hall–Kier alpha value is -3.76. The molecule has 29 heavy (non-hydrogen) atoms. The van der Waals surface area contributed by atoms with Crippen molar-refractivity contribution in [2.75, 3.05) is 36.9 Å². The molecule has 0 atom stereocenters. The zero-order valence-corrected chi connectivity index (χ0v) is 15.8. The highest BCUT2D eigenvalue weighted by atomic mass is 16.5. The van der Waals surface area contributed by atoms with Crippen LogP contribution in [0, 0.1) is 16.7 Å². The van der Waals surface area contributed by atoms with Crippen LogP contribution in [0.2, 0.25) is 0 Å². The Bertz CT molecular complexity index is 1100. The van der Waals surface area contributed by atoms with Crippen molar-refractivity contribution < 1.29 is 4.74 Å². The van der Waals surface area contributed by atoms with Crippen LogP contribution in [0.5, 0.6) is 0 Å². The molecule has 7 heteroatoms. The van der Waals surface area contributed by atoms with Gasteiger partial charge in [-0.2, -0.15) is 5.26 Å². The van der Waals surface area contributed by atoms with Gasteiger partial charge in [0, 0.05) is 30.4 Å². The fourth-order valence-electron chi connectivity index (χ4n) is 3.31. The summed E-state index contributed by atoms with van der Waals surface area (Å²) < 4.78 is 5.39. The molecule has 2 heterocycles. The SMILES string of the molecule is N#Cc1cccc(-c2ccc(N)c(C(=N)c3cc(N4CCOCC4)ncn3)c2)c1. The lowest BCUT2D eigenvalue weighted by atomic mass is 9.97. The van der Waals surface area contributed by atoms with Gasteiger partial charge in [0.25, 0.3) is 0 Å². The minimum Gasteiger partial charge on any atom is -0.398 e. The first kappa shape index (κ1) is 18.6. The maximum absolute atomic E-state index is 9.15. The number of hydrogen-bond acceptors (Lipinski definition) is 7. The van der Waals surface area contributed by atoms with Gasteiger partial charge in [-0.05, 0) is 35.4 Å². The molecule has 0 amide bonds. The van der Waals surface area contributed by atoms with Gasteiger partial charge in [0.2, 0.25) is 0 Å². The van der Waals surface area contributed by atoms with Gasteiger partial charge in [-0.15, -0.1) is 0 Å². The highest BCUT2D eigenvalue weighted by Crippen LogP contribution is 2.26. The Morgan fingerprint density at radius 2 is 1.86 bits per heavy atom. The standard InChI is InChI=1S/C22H20N6O/c23-13-15-2-1-3-16(10-15)17-4-5-19(24)18(11-17)22(25)20-12-21(27-14-26-20)28-6-8-29-9-7-28/h1-5,10-12,14,25H,6-9,24H2. The molecule has 4 rings (SSSR count). The summed E-state index contributed by atoms with van der Waals surface area (Å²) in [5.74, 6) is 0.777. The van der Waals surface area contributed by atoms with Crippen molar-refractivity contribution in [3.8, 4) is 17.2 Å². The predicted octanol–water partition coefficient (Wildman–Crippen LogP) is 2.85. The summed E-state index contributed by atoms with van der Waals surface area (Å²) in [5.41, 5.74) is 10.4. The summed E-state index contributed by atoms with van der Waals surface area (Å²) in [6, 6.07) is 16.9. The van der Waals surface area contributed by atoms with E-state index in [2.05, 4.69) is 20.9 Å². The summed E-state index contributed by atoms with van der Waals surface area (Å²) in [7, 11) is 0. The largest absolute Gasteiger partial charge is 0.398 e. The topological polar surface area (TPSA) is 112 Å². The molecule has 0 spiro atoms. The first-order valence-electron chi connectivity index (χ1n) is 9.30. The third-order valence-corrected chi connectivity index (χ3v) is 4.89. The number of aromatic nitrogens is 2. The van der Waals surface area contributed by atoms with Crippen molar-refractivity contribution in [1.82, 2.24) is 9.97 Å². The second-order valence-corrected chi connectivity index (χ2v) is 6.73. The van der Waals surface area contributed by atoms with Gasteiger partial charge in [-0.25, -0.2) is 9.97 Å². The Morgan fingerprint density at radius 1 is 1.07 bits per heavy atom. The van der Waals surface area contributed by atoms with Crippen LogP contribution in [0.3, 0.4) is 0 Å². The Kier molecular flexibility index (Phi) is 5.18. The molecule has 3 aromatic rings. The summed E-state index contributed by atoms with van der Waals surface area (Å²) in [6.45, 7) is 2.84. The van der Waals surface area contributed by atoms with E-state index < -0.39 is 0 Å². The predicted molar refractivity (Wildman–Crippen MR) is 112 cm³/mol. The molecule has 1 aliphatic heterocycles. The van der Waals surface area contributed by atoms with Gasteiger partial charge in [0.1, 0.15) is 12.1 Å². The smallest absolute Gasteiger partial charge is 0.132 e. The first-order chi connectivity index (χ1) is 14.2. The summed E-state index contributed by atoms with van der Waals surface area (Å²) in [4.78, 5) is 10.8. The summed E-state index contributed by atoms with van der Waals surface area (Å²) in [6.07, 6.45) is 1.48. The van der Waals surface area contributed by atoms with Crippen molar-refractivity contribution in [1.29, 1.82) is 10.7 Å². The van der Waals surface area contributed by atoms with Crippen molar-refractivity contribution in [3.05, 3.63) is 71.7 Å². The van der Waals surface area contributed by atoms with Gasteiger partial charge in [0.05, 0.1) is 36.3 Å². The van der Waals surface area contributed by atoms with Crippen LogP contribution in [0.4, 0.5) is 11.5 Å². The van der Waals surface area contributed by atoms with Crippen LogP contribution in [-0.4, -0.2) is 42.0 Å². The molecular formula is C22H20N6O. The zero-order valence-electron chi connectivity index (χ0n) is 15.8. The molecule has 1 saturated heterocycles. The molecular weight excluding hydrogens is 364 g/mol. The highest BCUT2D eigenvalue weighted by molar-refractivity contribution is 6.13. The zero-order chi connectivity index (χ0) is 20.2. The highest BCUT2D eigenvalue weighted by Gasteiger charge is 2.16. The number of morpholine rings is 1. The number of hydrogen-bond donors (Lipinski definition) is 2. The van der Waals surface area contributed by atoms with Crippen molar-refractivity contribution in [3.63, 3.8) is 0 Å². The molecule has 0 saturated carbocycles. The van der Waals surface area contributed by atoms with Crippen LogP contribution in [0.1, 0.15) is 16.8 Å². The maximum Gasteiger partial charge on any atom is 0.132 e. The molecule has 1 aliphatic rings. The third-order valence-electron chi connectivity index (χ3n) is 4.89. The van der Waals surface area contributed by atoms with E-state index in [4.69, 9.17) is 21.1 Å². The second kappa shape index (κ2) is 8.09. The van der Waals surface area contributed by atoms with Crippen LogP contribution < -0.4 is 10.6 Å². The molecule has 1 aromatic heterocycles. The number of ether oxygens (including phenoxy) is 1. The number of rotatable bonds is 4. The first-order valence-corrected chi connectivity index (χ1v) is 9.30. The average Bonchev–Trinajstić information content (AvgIpc) is 2.79. The number of nitrogens with one attached hydrogen (secondary N) is 1. The number of nitrogen functional groups attached to an aromatic ring is 1. The number of nitrogens with two attached hydrogens (primary N) is 1. The van der Waals surface area contributed by atoms with Crippen LogP contribution >= 0.6 is 0 Å². The second-order valence-electron chi connectivity index (χ2n) is 6.73. The fraction of sp³-hybridized carbons (Fsp3) is 0.182. The van der Waals surface area contributed by atoms with E-state index in [1.165, 1.54) is 6.33 Å². The fourth-order valence-corrected chi connectivity index (χ4v) is 3.31. The van der Waals surface area contributed by atoms with Crippen molar-refractivity contribution >= 4 is 17.2 Å². The lowest BCUT2D eigenvalue weighted by Gasteiger charge is -2.27. The van der Waals surface area contributed by atoms with E-state index in [1.807, 2.05) is 36.4 Å². The van der Waals surface area contributed by atoms with Crippen LogP contribution in [-0.2, 0) is 4.74 Å². The van der Waals surface area contributed by atoms with E-state index in [0.29, 0.717) is 35.7 Å². The number of anilines is 2. The maximum atomic E-state index is 9.15. The average molecular weight is 384 g/mol. The molecule has 0 bridgehead atoms. The van der Waals surface area contributed by atoms with Gasteiger partial charge >= 0.3 is 0 Å². The van der Waals surface area contributed by atoms with E-state index in [0.717, 1.165) is 30.0 Å². The normalized spacial score (nSPS) is 13.7. The van der Waals surface area contributed by atoms with Crippen LogP contribution in [0.25, 0.3) is 11.1 Å². The number of benzene rings is 2. The van der Waals surface area contributed by atoms with Gasteiger partial charge < -0.3 is 15.4 Å². The van der Waals surface area contributed by atoms with Gasteiger partial charge in [-0.3, -0.25) is 5.41 Å². The molecule has 2 aromatic carbocycles. The lowest BCUT2D eigenvalue weighted by Crippen LogP contribution is -2.36. The molecule has 0 aliphatic carbocycles. The van der Waals surface area contributed by atoms with E-state index >= 15 is 0 Å². The van der Waals surface area contributed by atoms with E-state index in [1.54, 1.807) is 12.1 Å². The molecule has 1 fully saturated rings. The van der Waals surface area contributed by atoms with Crippen molar-refractivity contribution in [2.45, 2.75) is 0 Å². The molecule has 3 N–H and O–H groups in total. The van der Waals surface area contributed by atoms with Gasteiger partial charge in [0.15, 0.2) is 0 Å². The van der Waals surface area contributed by atoms with E-state index in [9.17, 15) is 0 Å². The minimum absolute atomic E-state index is 0.234. The molecule has 7 nitrogen and oxygen atoms in total. The summed E-state index contributed by atoms with van der Waals surface area (Å²) >= 11 is 0. The Labute approximate surface area is 168 Å². The quantitative estimate of drug-likeness (QED) is 0.528. The minimum atomic E-state index is 0.234. The molecule has 0 unspecified atom stereocenters. The lowest BCUT2D eigenvalue weighted by molar-refractivity contribution is 0.122. The van der Waals surface area contributed by atoms with Gasteiger partial charge in [-0.1, -0.05) is 18.2 Å². The van der Waals surface area contributed by atoms with Crippen LogP contribution in [0.15, 0.2) is 54.9 Å². The number of nitrogens with zero attached hydrogens (tertiary/aromatic N) is 4. The van der Waals surface area contributed by atoms with Crippen molar-refractivity contribution in [2.24, 2.45) is 0 Å². The monoisotopic (exact) mass is 384 g/mol.